The van der Waals surface area contributed by atoms with Gasteiger partial charge in [-0.1, -0.05) is 20.8 Å². The van der Waals surface area contributed by atoms with Gasteiger partial charge in [-0.25, -0.2) is 9.37 Å². The van der Waals surface area contributed by atoms with Gasteiger partial charge in [-0.15, -0.1) is 0 Å². The Kier molecular flexibility index (Phi) is 4.92. The molecule has 1 aliphatic rings. The lowest BCUT2D eigenvalue weighted by atomic mass is 9.95. The lowest BCUT2D eigenvalue weighted by Crippen LogP contribution is -2.28. The number of fused-ring (bicyclic) bond motifs is 1. The Morgan fingerprint density at radius 3 is 2.66 bits per heavy atom. The highest BCUT2D eigenvalue weighted by Crippen LogP contribution is 2.36. The maximum absolute atomic E-state index is 13.4. The average Bonchev–Trinajstić information content (AvgIpc) is 3.07. The highest BCUT2D eigenvalue weighted by Gasteiger charge is 2.24. The smallest absolute Gasteiger partial charge is 0.230 e. The van der Waals surface area contributed by atoms with Crippen LogP contribution in [0.4, 0.5) is 10.2 Å². The summed E-state index contributed by atoms with van der Waals surface area (Å²) in [5.74, 6) is 0.118. The van der Waals surface area contributed by atoms with Crippen LogP contribution in [0.5, 0.6) is 0 Å². The molecule has 0 saturated carbocycles. The largest absolute Gasteiger partial charge is 0.310 e. The monoisotopic (exact) mass is 393 g/mol. The van der Waals surface area contributed by atoms with Gasteiger partial charge in [-0.3, -0.25) is 9.48 Å². The fraction of sp³-hybridized carbons (Fsp3) is 0.318. The number of pyridine rings is 1. The maximum Gasteiger partial charge on any atom is 0.230 e. The normalized spacial score (nSPS) is 13.8. The van der Waals surface area contributed by atoms with Crippen molar-refractivity contribution in [2.45, 2.75) is 33.9 Å². The number of carbonyl (C=O) groups excluding carboxylic acids is 1. The number of anilines is 1. The number of amides is 1. The molecular weight excluding hydrogens is 369 g/mol. The summed E-state index contributed by atoms with van der Waals surface area (Å²) in [4.78, 5) is 16.7. The van der Waals surface area contributed by atoms with E-state index in [1.807, 2.05) is 37.6 Å². The van der Waals surface area contributed by atoms with Gasteiger partial charge in [-0.05, 0) is 42.0 Å². The van der Waals surface area contributed by atoms with Crippen molar-refractivity contribution in [1.29, 1.82) is 0 Å². The molecule has 0 atom stereocenters. The fourth-order valence-electron chi connectivity index (χ4n) is 3.32. The van der Waals surface area contributed by atoms with Gasteiger partial charge in [0.05, 0.1) is 12.2 Å². The summed E-state index contributed by atoms with van der Waals surface area (Å²) in [6.07, 6.45) is 1.68. The van der Waals surface area contributed by atoms with Crippen molar-refractivity contribution in [2.75, 3.05) is 11.9 Å². The number of benzene rings is 1. The lowest BCUT2D eigenvalue weighted by molar-refractivity contribution is -0.123. The minimum Gasteiger partial charge on any atom is -0.310 e. The van der Waals surface area contributed by atoms with Crippen molar-refractivity contribution in [3.05, 3.63) is 54.1 Å². The van der Waals surface area contributed by atoms with Crippen molar-refractivity contribution in [3.63, 3.8) is 0 Å². The number of rotatable bonds is 3. The molecule has 3 aromatic rings. The van der Waals surface area contributed by atoms with E-state index >= 15 is 0 Å². The molecule has 1 aliphatic heterocycles. The minimum absolute atomic E-state index is 0.0976. The first-order valence-electron chi connectivity index (χ1n) is 9.67. The van der Waals surface area contributed by atoms with Crippen LogP contribution in [0.25, 0.3) is 22.4 Å². The first-order valence-corrected chi connectivity index (χ1v) is 9.67. The molecule has 0 aliphatic carbocycles. The van der Waals surface area contributed by atoms with Crippen molar-refractivity contribution in [3.8, 4) is 22.4 Å². The summed E-state index contributed by atoms with van der Waals surface area (Å²) in [5.41, 5.74) is 4.07. The molecule has 2 aromatic heterocycles. The zero-order valence-electron chi connectivity index (χ0n) is 16.8. The molecule has 1 amide bonds. The second-order valence-electron chi connectivity index (χ2n) is 8.21. The van der Waals surface area contributed by atoms with Crippen LogP contribution in [0.1, 0.15) is 26.5 Å². The maximum atomic E-state index is 13.4. The quantitative estimate of drug-likeness (QED) is 0.709. The molecule has 7 heteroatoms. The van der Waals surface area contributed by atoms with Crippen molar-refractivity contribution >= 4 is 11.7 Å². The van der Waals surface area contributed by atoms with Crippen LogP contribution in [0.15, 0.2) is 42.6 Å². The predicted molar refractivity (Wildman–Crippen MR) is 111 cm³/mol. The van der Waals surface area contributed by atoms with Crippen molar-refractivity contribution in [2.24, 2.45) is 5.41 Å². The van der Waals surface area contributed by atoms with Crippen LogP contribution < -0.4 is 10.6 Å². The summed E-state index contributed by atoms with van der Waals surface area (Å²) in [6, 6.07) is 10.1. The Morgan fingerprint density at radius 1 is 1.17 bits per heavy atom. The van der Waals surface area contributed by atoms with Crippen LogP contribution in [0.2, 0.25) is 0 Å². The number of hydrogen-bond donors (Lipinski definition) is 2. The molecule has 0 bridgehead atoms. The zero-order valence-corrected chi connectivity index (χ0v) is 16.8. The molecular formula is C22H24FN5O. The van der Waals surface area contributed by atoms with E-state index < -0.39 is 5.41 Å². The Balaban J connectivity index is 1.80. The molecule has 0 unspecified atom stereocenters. The molecule has 0 fully saturated rings. The third kappa shape index (κ3) is 3.91. The van der Waals surface area contributed by atoms with E-state index in [1.165, 1.54) is 12.1 Å². The SMILES string of the molecule is CC(C)(C)C(=O)Nc1cc(-c2c(-c3ccc(F)cc3)nn3c2CNCC3)ccn1. The molecule has 6 nitrogen and oxygen atoms in total. The van der Waals surface area contributed by atoms with E-state index in [2.05, 4.69) is 15.6 Å². The molecule has 0 spiro atoms. The van der Waals surface area contributed by atoms with Crippen LogP contribution in [-0.4, -0.2) is 27.2 Å². The highest BCUT2D eigenvalue weighted by atomic mass is 19.1. The van der Waals surface area contributed by atoms with Gasteiger partial charge < -0.3 is 10.6 Å². The van der Waals surface area contributed by atoms with E-state index in [9.17, 15) is 9.18 Å². The van der Waals surface area contributed by atoms with E-state index in [1.54, 1.807) is 18.3 Å². The predicted octanol–water partition coefficient (Wildman–Crippen LogP) is 3.84. The third-order valence-electron chi connectivity index (χ3n) is 4.94. The van der Waals surface area contributed by atoms with Crippen LogP contribution in [0, 0.1) is 11.2 Å². The molecule has 4 rings (SSSR count). The Morgan fingerprint density at radius 2 is 1.93 bits per heavy atom. The molecule has 150 valence electrons. The number of hydrogen-bond acceptors (Lipinski definition) is 4. The molecule has 0 saturated heterocycles. The van der Waals surface area contributed by atoms with Gasteiger partial charge in [0, 0.05) is 35.8 Å². The number of nitrogens with one attached hydrogen (secondary N) is 2. The fourth-order valence-corrected chi connectivity index (χ4v) is 3.32. The molecule has 3 heterocycles. The number of carbonyl (C=O) groups is 1. The van der Waals surface area contributed by atoms with Crippen LogP contribution in [0.3, 0.4) is 0 Å². The Labute approximate surface area is 169 Å². The molecule has 2 N–H and O–H groups in total. The molecule has 0 radical (unpaired) electrons. The highest BCUT2D eigenvalue weighted by molar-refractivity contribution is 5.94. The van der Waals surface area contributed by atoms with Gasteiger partial charge in [0.15, 0.2) is 0 Å². The average molecular weight is 393 g/mol. The second kappa shape index (κ2) is 7.40. The summed E-state index contributed by atoms with van der Waals surface area (Å²) >= 11 is 0. The molecule has 1 aromatic carbocycles. The first-order chi connectivity index (χ1) is 13.8. The van der Waals surface area contributed by atoms with Gasteiger partial charge in [0.2, 0.25) is 5.91 Å². The first kappa shape index (κ1) is 19.3. The van der Waals surface area contributed by atoms with Gasteiger partial charge in [0.25, 0.3) is 0 Å². The minimum atomic E-state index is -0.516. The van der Waals surface area contributed by atoms with E-state index in [-0.39, 0.29) is 11.7 Å². The third-order valence-corrected chi connectivity index (χ3v) is 4.94. The van der Waals surface area contributed by atoms with E-state index in [0.29, 0.717) is 12.4 Å². The van der Waals surface area contributed by atoms with E-state index in [4.69, 9.17) is 5.10 Å². The second-order valence-corrected chi connectivity index (χ2v) is 8.21. The number of aromatic nitrogens is 3. The molecule has 29 heavy (non-hydrogen) atoms. The topological polar surface area (TPSA) is 71.8 Å². The van der Waals surface area contributed by atoms with Crippen LogP contribution >= 0.6 is 0 Å². The lowest BCUT2D eigenvalue weighted by Gasteiger charge is -2.18. The number of nitrogens with zero attached hydrogens (tertiary/aromatic N) is 3. The Bertz CT molecular complexity index is 1050. The Hall–Kier alpha value is -3.06. The van der Waals surface area contributed by atoms with Gasteiger partial charge >= 0.3 is 0 Å². The van der Waals surface area contributed by atoms with Gasteiger partial charge in [0.1, 0.15) is 17.3 Å². The summed E-state index contributed by atoms with van der Waals surface area (Å²) in [6.45, 7) is 7.88. The van der Waals surface area contributed by atoms with E-state index in [0.717, 1.165) is 41.2 Å². The van der Waals surface area contributed by atoms with Crippen LogP contribution in [-0.2, 0) is 17.9 Å². The summed E-state index contributed by atoms with van der Waals surface area (Å²) in [7, 11) is 0. The van der Waals surface area contributed by atoms with Crippen molar-refractivity contribution < 1.29 is 9.18 Å². The van der Waals surface area contributed by atoms with Crippen molar-refractivity contribution in [1.82, 2.24) is 20.1 Å². The summed E-state index contributed by atoms with van der Waals surface area (Å²) in [5, 5.41) is 11.1. The standard InChI is InChI=1S/C22H24FN5O/c1-22(2,3)21(29)26-18-12-15(8-9-25-18)19-17-13-24-10-11-28(17)27-20(19)14-4-6-16(23)7-5-14/h4-9,12,24H,10-11,13H2,1-3H3,(H,25,26,29). The number of halogens is 1. The zero-order chi connectivity index (χ0) is 20.6. The van der Waals surface area contributed by atoms with Gasteiger partial charge in [-0.2, -0.15) is 5.10 Å². The summed E-state index contributed by atoms with van der Waals surface area (Å²) < 4.78 is 15.4.